The summed E-state index contributed by atoms with van der Waals surface area (Å²) >= 11 is 0. The minimum atomic E-state index is -4.16. The second-order valence-corrected chi connectivity index (χ2v) is 4.72. The lowest BCUT2D eigenvalue weighted by atomic mass is 10.3. The highest BCUT2D eigenvalue weighted by molar-refractivity contribution is 5.88. The zero-order valence-electron chi connectivity index (χ0n) is 10.9. The molecule has 1 saturated carbocycles. The maximum absolute atomic E-state index is 12.3. The van der Waals surface area contributed by atoms with Crippen LogP contribution in [0, 0.1) is 11.8 Å². The van der Waals surface area contributed by atoms with Gasteiger partial charge in [0, 0.05) is 13.0 Å². The summed E-state index contributed by atoms with van der Waals surface area (Å²) < 4.78 is 36.9. The fourth-order valence-electron chi connectivity index (χ4n) is 1.88. The molecule has 0 unspecified atom stereocenters. The molecule has 1 heterocycles. The number of carbonyl (C=O) groups is 1. The smallest absolute Gasteiger partial charge is 0.338 e. The van der Waals surface area contributed by atoms with Crippen LogP contribution in [0.25, 0.3) is 0 Å². The van der Waals surface area contributed by atoms with Gasteiger partial charge in [0.2, 0.25) is 0 Å². The number of halogens is 3. The number of nitrogens with one attached hydrogen (secondary N) is 2. The standard InChI is InChI=1S/C12H15F3N4O/c1-2-10-16-5-8(6-17-10)19-11(20)18-4-7-3-9(7)12(13,14)15/h5-7,9H,2-4H2,1H3,(H2,18,19,20)/t7-,9+/m0/s1. The lowest BCUT2D eigenvalue weighted by Gasteiger charge is -2.08. The molecule has 0 aromatic carbocycles. The Hall–Kier alpha value is -1.86. The van der Waals surface area contributed by atoms with Crippen molar-refractivity contribution in [3.8, 4) is 0 Å². The Bertz CT molecular complexity index is 475. The van der Waals surface area contributed by atoms with Gasteiger partial charge >= 0.3 is 12.2 Å². The Kier molecular flexibility index (Phi) is 4.10. The van der Waals surface area contributed by atoms with Gasteiger partial charge in [0.25, 0.3) is 0 Å². The first kappa shape index (κ1) is 14.5. The zero-order valence-corrected chi connectivity index (χ0v) is 10.9. The van der Waals surface area contributed by atoms with Gasteiger partial charge in [-0.2, -0.15) is 13.2 Å². The summed E-state index contributed by atoms with van der Waals surface area (Å²) in [5, 5.41) is 4.89. The third kappa shape index (κ3) is 3.82. The van der Waals surface area contributed by atoms with Crippen molar-refractivity contribution in [1.29, 1.82) is 0 Å². The van der Waals surface area contributed by atoms with Gasteiger partial charge in [0.05, 0.1) is 24.0 Å². The molecular weight excluding hydrogens is 273 g/mol. The van der Waals surface area contributed by atoms with E-state index in [0.717, 1.165) is 0 Å². The number of nitrogens with zero attached hydrogens (tertiary/aromatic N) is 2. The average molecular weight is 288 g/mol. The summed E-state index contributed by atoms with van der Waals surface area (Å²) in [6.07, 6.45) is -0.472. The van der Waals surface area contributed by atoms with Crippen molar-refractivity contribution in [2.24, 2.45) is 11.8 Å². The molecule has 1 aromatic rings. The van der Waals surface area contributed by atoms with Crippen molar-refractivity contribution in [2.45, 2.75) is 25.9 Å². The van der Waals surface area contributed by atoms with E-state index >= 15 is 0 Å². The van der Waals surface area contributed by atoms with Crippen molar-refractivity contribution in [3.05, 3.63) is 18.2 Å². The van der Waals surface area contributed by atoms with E-state index in [4.69, 9.17) is 0 Å². The average Bonchev–Trinajstić information content (AvgIpc) is 3.17. The van der Waals surface area contributed by atoms with E-state index in [9.17, 15) is 18.0 Å². The number of amides is 2. The summed E-state index contributed by atoms with van der Waals surface area (Å²) in [6, 6.07) is -0.550. The number of urea groups is 1. The molecule has 2 amide bonds. The highest BCUT2D eigenvalue weighted by atomic mass is 19.4. The second kappa shape index (κ2) is 5.64. The van der Waals surface area contributed by atoms with Crippen LogP contribution in [0.2, 0.25) is 0 Å². The zero-order chi connectivity index (χ0) is 14.8. The highest BCUT2D eigenvalue weighted by Gasteiger charge is 2.55. The fourth-order valence-corrected chi connectivity index (χ4v) is 1.88. The third-order valence-corrected chi connectivity index (χ3v) is 3.15. The molecule has 2 atom stereocenters. The molecule has 110 valence electrons. The molecule has 20 heavy (non-hydrogen) atoms. The summed E-state index contributed by atoms with van der Waals surface area (Å²) in [7, 11) is 0. The van der Waals surface area contributed by atoms with Crippen LogP contribution in [0.4, 0.5) is 23.7 Å². The molecule has 2 N–H and O–H groups in total. The molecule has 1 aliphatic carbocycles. The number of aromatic nitrogens is 2. The first-order valence-corrected chi connectivity index (χ1v) is 6.32. The molecule has 0 aliphatic heterocycles. The summed E-state index contributed by atoms with van der Waals surface area (Å²) in [6.45, 7) is 1.92. The predicted octanol–water partition coefficient (Wildman–Crippen LogP) is 2.36. The van der Waals surface area contributed by atoms with Crippen molar-refractivity contribution in [2.75, 3.05) is 11.9 Å². The van der Waals surface area contributed by atoms with Gasteiger partial charge in [-0.05, 0) is 12.3 Å². The van der Waals surface area contributed by atoms with Gasteiger partial charge < -0.3 is 10.6 Å². The van der Waals surface area contributed by atoms with Crippen LogP contribution < -0.4 is 10.6 Å². The Morgan fingerprint density at radius 2 is 2.05 bits per heavy atom. The molecule has 0 spiro atoms. The monoisotopic (exact) mass is 288 g/mol. The van der Waals surface area contributed by atoms with Crippen LogP contribution in [0.3, 0.4) is 0 Å². The van der Waals surface area contributed by atoms with Gasteiger partial charge in [-0.1, -0.05) is 6.92 Å². The lowest BCUT2D eigenvalue weighted by Crippen LogP contribution is -2.31. The number of rotatable bonds is 4. The summed E-state index contributed by atoms with van der Waals surface area (Å²) in [4.78, 5) is 19.5. The Morgan fingerprint density at radius 1 is 1.40 bits per heavy atom. The number of carbonyl (C=O) groups excluding carboxylic acids is 1. The number of alkyl halides is 3. The number of hydrogen-bond donors (Lipinski definition) is 2. The van der Waals surface area contributed by atoms with Crippen LogP contribution in [0.15, 0.2) is 12.4 Å². The topological polar surface area (TPSA) is 66.9 Å². The van der Waals surface area contributed by atoms with E-state index in [0.29, 0.717) is 17.9 Å². The van der Waals surface area contributed by atoms with Crippen molar-refractivity contribution in [3.63, 3.8) is 0 Å². The molecule has 0 bridgehead atoms. The first-order valence-electron chi connectivity index (χ1n) is 6.32. The Labute approximate surface area is 114 Å². The van der Waals surface area contributed by atoms with Crippen LogP contribution in [0.5, 0.6) is 0 Å². The second-order valence-electron chi connectivity index (χ2n) is 4.72. The highest BCUT2D eigenvalue weighted by Crippen LogP contribution is 2.49. The van der Waals surface area contributed by atoms with E-state index in [1.54, 1.807) is 0 Å². The summed E-state index contributed by atoms with van der Waals surface area (Å²) in [5.41, 5.74) is 0.405. The van der Waals surface area contributed by atoms with E-state index < -0.39 is 24.0 Å². The molecule has 0 saturated heterocycles. The van der Waals surface area contributed by atoms with Gasteiger partial charge in [0.15, 0.2) is 0 Å². The van der Waals surface area contributed by atoms with E-state index in [2.05, 4.69) is 20.6 Å². The maximum atomic E-state index is 12.3. The predicted molar refractivity (Wildman–Crippen MR) is 66.1 cm³/mol. The minimum absolute atomic E-state index is 0.0178. The van der Waals surface area contributed by atoms with Crippen LogP contribution in [-0.2, 0) is 6.42 Å². The van der Waals surface area contributed by atoms with Gasteiger partial charge in [0.1, 0.15) is 5.82 Å². The van der Waals surface area contributed by atoms with Gasteiger partial charge in [-0.25, -0.2) is 14.8 Å². The van der Waals surface area contributed by atoms with Crippen molar-refractivity contribution >= 4 is 11.7 Å². The third-order valence-electron chi connectivity index (χ3n) is 3.15. The molecule has 1 fully saturated rings. The Morgan fingerprint density at radius 3 is 2.55 bits per heavy atom. The molecule has 0 radical (unpaired) electrons. The minimum Gasteiger partial charge on any atom is -0.338 e. The number of aryl methyl sites for hydroxylation is 1. The largest absolute Gasteiger partial charge is 0.392 e. The van der Waals surface area contributed by atoms with Crippen molar-refractivity contribution in [1.82, 2.24) is 15.3 Å². The van der Waals surface area contributed by atoms with Gasteiger partial charge in [-0.3, -0.25) is 0 Å². The SMILES string of the molecule is CCc1ncc(NC(=O)NC[C@@H]2C[C@H]2C(F)(F)F)cn1. The number of anilines is 1. The van der Waals surface area contributed by atoms with Crippen LogP contribution in [-0.4, -0.2) is 28.7 Å². The van der Waals surface area contributed by atoms with Crippen LogP contribution in [0.1, 0.15) is 19.2 Å². The molecule has 5 nitrogen and oxygen atoms in total. The van der Waals surface area contributed by atoms with Gasteiger partial charge in [-0.15, -0.1) is 0 Å². The summed E-state index contributed by atoms with van der Waals surface area (Å²) in [5.74, 6) is -1.14. The quantitative estimate of drug-likeness (QED) is 0.893. The first-order chi connectivity index (χ1) is 9.40. The fraction of sp³-hybridized carbons (Fsp3) is 0.583. The van der Waals surface area contributed by atoms with E-state index in [-0.39, 0.29) is 13.0 Å². The van der Waals surface area contributed by atoms with E-state index in [1.165, 1.54) is 12.4 Å². The van der Waals surface area contributed by atoms with Crippen molar-refractivity contribution < 1.29 is 18.0 Å². The Balaban J connectivity index is 1.73. The molecular formula is C12H15F3N4O. The molecule has 1 aliphatic rings. The number of hydrogen-bond acceptors (Lipinski definition) is 3. The maximum Gasteiger partial charge on any atom is 0.392 e. The molecule has 2 rings (SSSR count). The lowest BCUT2D eigenvalue weighted by molar-refractivity contribution is -0.150. The normalized spacial score (nSPS) is 21.4. The van der Waals surface area contributed by atoms with E-state index in [1.807, 2.05) is 6.92 Å². The van der Waals surface area contributed by atoms with Crippen LogP contribution >= 0.6 is 0 Å². The molecule has 1 aromatic heterocycles. The molecule has 8 heteroatoms.